The van der Waals surface area contributed by atoms with E-state index < -0.39 is 5.60 Å². The van der Waals surface area contributed by atoms with E-state index in [-0.39, 0.29) is 0 Å². The van der Waals surface area contributed by atoms with Crippen LogP contribution < -0.4 is 0 Å². The van der Waals surface area contributed by atoms with Gasteiger partial charge in [-0.05, 0) is 56.1 Å². The summed E-state index contributed by atoms with van der Waals surface area (Å²) >= 11 is 0. The van der Waals surface area contributed by atoms with Crippen LogP contribution in [0.3, 0.4) is 0 Å². The van der Waals surface area contributed by atoms with E-state index in [1.54, 1.807) is 0 Å². The van der Waals surface area contributed by atoms with Gasteiger partial charge in [0.15, 0.2) is 0 Å². The van der Waals surface area contributed by atoms with E-state index in [0.29, 0.717) is 5.41 Å². The van der Waals surface area contributed by atoms with Gasteiger partial charge in [0, 0.05) is 0 Å². The van der Waals surface area contributed by atoms with E-state index in [9.17, 15) is 5.11 Å². The van der Waals surface area contributed by atoms with Crippen LogP contribution in [-0.4, -0.2) is 5.11 Å². The Hall–Kier alpha value is -1.60. The molecule has 2 aromatic carbocycles. The maximum Gasteiger partial charge on any atom is 0.0891 e. The molecule has 0 aromatic heterocycles. The Kier molecular flexibility index (Phi) is 8.56. The zero-order valence-electron chi connectivity index (χ0n) is 17.9. The summed E-state index contributed by atoms with van der Waals surface area (Å²) in [5.74, 6) is 0. The van der Waals surface area contributed by atoms with Crippen LogP contribution in [0.4, 0.5) is 0 Å². The smallest absolute Gasteiger partial charge is 0.0891 e. The van der Waals surface area contributed by atoms with Crippen molar-refractivity contribution in [3.63, 3.8) is 0 Å². The normalized spacial score (nSPS) is 11.7. The van der Waals surface area contributed by atoms with E-state index in [4.69, 9.17) is 0 Å². The van der Waals surface area contributed by atoms with Gasteiger partial charge in [-0.15, -0.1) is 0 Å². The van der Waals surface area contributed by atoms with Gasteiger partial charge in [0.05, 0.1) is 5.60 Å². The Labute approximate surface area is 161 Å². The second-order valence-corrected chi connectivity index (χ2v) is 7.74. The summed E-state index contributed by atoms with van der Waals surface area (Å²) in [5.41, 5.74) is 4.82. The Balaban J connectivity index is 0.000000260. The minimum absolute atomic E-state index is 0.369. The van der Waals surface area contributed by atoms with Crippen LogP contribution in [0.1, 0.15) is 82.6 Å². The van der Waals surface area contributed by atoms with Gasteiger partial charge in [-0.2, -0.15) is 0 Å². The van der Waals surface area contributed by atoms with Crippen LogP contribution in [0.5, 0.6) is 0 Å². The third-order valence-corrected chi connectivity index (χ3v) is 6.07. The minimum Gasteiger partial charge on any atom is -0.385 e. The Morgan fingerprint density at radius 1 is 0.615 bits per heavy atom. The molecule has 0 unspecified atom stereocenters. The molecule has 0 aliphatic heterocycles. The van der Waals surface area contributed by atoms with Crippen molar-refractivity contribution in [1.82, 2.24) is 0 Å². The van der Waals surface area contributed by atoms with Crippen molar-refractivity contribution >= 4 is 0 Å². The molecule has 0 saturated heterocycles. The SMILES string of the molecule is CCC(C)(CC)c1ccc(C)cc1.CCC(O)(CC)c1ccc(C)cc1. The molecule has 1 N–H and O–H groups in total. The molecular formula is C25H38O. The Bertz CT molecular complexity index is 569. The molecule has 0 radical (unpaired) electrons. The molecule has 0 fully saturated rings. The number of rotatable bonds is 6. The molecule has 144 valence electrons. The van der Waals surface area contributed by atoms with Gasteiger partial charge in [-0.25, -0.2) is 0 Å². The number of benzene rings is 2. The summed E-state index contributed by atoms with van der Waals surface area (Å²) in [4.78, 5) is 0. The Morgan fingerprint density at radius 3 is 1.27 bits per heavy atom. The molecule has 0 amide bonds. The topological polar surface area (TPSA) is 20.2 Å². The summed E-state index contributed by atoms with van der Waals surface area (Å²) < 4.78 is 0. The molecule has 0 aliphatic rings. The minimum atomic E-state index is -0.631. The third-order valence-electron chi connectivity index (χ3n) is 6.07. The highest BCUT2D eigenvalue weighted by molar-refractivity contribution is 5.28. The maximum absolute atomic E-state index is 10.2. The predicted octanol–water partition coefficient (Wildman–Crippen LogP) is 7.08. The second-order valence-electron chi connectivity index (χ2n) is 7.74. The van der Waals surface area contributed by atoms with Gasteiger partial charge >= 0.3 is 0 Å². The van der Waals surface area contributed by atoms with Crippen molar-refractivity contribution in [1.29, 1.82) is 0 Å². The average Bonchev–Trinajstić information content (AvgIpc) is 2.68. The number of aliphatic hydroxyl groups is 1. The van der Waals surface area contributed by atoms with E-state index in [0.717, 1.165) is 18.4 Å². The zero-order chi connectivity index (χ0) is 19.8. The first-order valence-electron chi connectivity index (χ1n) is 10.1. The molecule has 0 aliphatic carbocycles. The molecule has 0 spiro atoms. The summed E-state index contributed by atoms with van der Waals surface area (Å²) in [6, 6.07) is 17.1. The van der Waals surface area contributed by atoms with Gasteiger partial charge in [-0.1, -0.05) is 94.3 Å². The highest BCUT2D eigenvalue weighted by atomic mass is 16.3. The maximum atomic E-state index is 10.2. The molecular weight excluding hydrogens is 316 g/mol. The van der Waals surface area contributed by atoms with Crippen LogP contribution in [0.15, 0.2) is 48.5 Å². The molecule has 26 heavy (non-hydrogen) atoms. The fourth-order valence-corrected chi connectivity index (χ4v) is 3.14. The van der Waals surface area contributed by atoms with Crippen molar-refractivity contribution in [3.8, 4) is 0 Å². The lowest BCUT2D eigenvalue weighted by atomic mass is 9.78. The van der Waals surface area contributed by atoms with Crippen molar-refractivity contribution in [2.75, 3.05) is 0 Å². The quantitative estimate of drug-likeness (QED) is 0.588. The highest BCUT2D eigenvalue weighted by Gasteiger charge is 2.24. The predicted molar refractivity (Wildman–Crippen MR) is 115 cm³/mol. The molecule has 1 nitrogen and oxygen atoms in total. The van der Waals surface area contributed by atoms with E-state index in [1.807, 2.05) is 38.1 Å². The first kappa shape index (κ1) is 22.4. The largest absolute Gasteiger partial charge is 0.385 e. The first-order chi connectivity index (χ1) is 12.2. The van der Waals surface area contributed by atoms with Crippen LogP contribution in [0, 0.1) is 13.8 Å². The van der Waals surface area contributed by atoms with Gasteiger partial charge in [-0.3, -0.25) is 0 Å². The van der Waals surface area contributed by atoms with Gasteiger partial charge < -0.3 is 5.11 Å². The number of hydrogen-bond acceptors (Lipinski definition) is 1. The molecule has 0 heterocycles. The molecule has 1 heteroatoms. The summed E-state index contributed by atoms with van der Waals surface area (Å²) in [7, 11) is 0. The third kappa shape index (κ3) is 5.71. The van der Waals surface area contributed by atoms with E-state index >= 15 is 0 Å². The number of aryl methyl sites for hydroxylation is 2. The van der Waals surface area contributed by atoms with Gasteiger partial charge in [0.2, 0.25) is 0 Å². The van der Waals surface area contributed by atoms with Gasteiger partial charge in [0.25, 0.3) is 0 Å². The van der Waals surface area contributed by atoms with Crippen LogP contribution in [-0.2, 0) is 11.0 Å². The van der Waals surface area contributed by atoms with Crippen molar-refractivity contribution in [2.24, 2.45) is 0 Å². The molecule has 0 atom stereocenters. The van der Waals surface area contributed by atoms with E-state index in [1.165, 1.54) is 29.5 Å². The molecule has 2 rings (SSSR count). The fourth-order valence-electron chi connectivity index (χ4n) is 3.14. The first-order valence-corrected chi connectivity index (χ1v) is 10.1. The standard InChI is InChI=1S/C13H20.C12H18O/c1-5-13(4,6-2)12-9-7-11(3)8-10-12;1-4-12(13,5-2)11-8-6-10(3)7-9-11/h7-10H,5-6H2,1-4H3;6-9,13H,4-5H2,1-3H3. The van der Waals surface area contributed by atoms with Crippen molar-refractivity contribution in [3.05, 3.63) is 70.8 Å². The molecule has 0 saturated carbocycles. The van der Waals surface area contributed by atoms with Crippen molar-refractivity contribution in [2.45, 2.75) is 85.2 Å². The highest BCUT2D eigenvalue weighted by Crippen LogP contribution is 2.31. The summed E-state index contributed by atoms with van der Waals surface area (Å²) in [5, 5.41) is 10.2. The lowest BCUT2D eigenvalue weighted by Crippen LogP contribution is -2.23. The second kappa shape index (κ2) is 9.92. The molecule has 2 aromatic rings. The van der Waals surface area contributed by atoms with Gasteiger partial charge in [0.1, 0.15) is 0 Å². The lowest BCUT2D eigenvalue weighted by molar-refractivity contribution is 0.0284. The molecule has 0 bridgehead atoms. The van der Waals surface area contributed by atoms with Crippen LogP contribution in [0.25, 0.3) is 0 Å². The zero-order valence-corrected chi connectivity index (χ0v) is 17.9. The number of hydrogen-bond donors (Lipinski definition) is 1. The summed E-state index contributed by atoms with van der Waals surface area (Å²) in [6.07, 6.45) is 3.97. The fraction of sp³-hybridized carbons (Fsp3) is 0.520. The van der Waals surface area contributed by atoms with Crippen LogP contribution in [0.2, 0.25) is 0 Å². The van der Waals surface area contributed by atoms with E-state index in [2.05, 4.69) is 58.9 Å². The Morgan fingerprint density at radius 2 is 0.962 bits per heavy atom. The lowest BCUT2D eigenvalue weighted by Gasteiger charge is -2.27. The monoisotopic (exact) mass is 354 g/mol. The van der Waals surface area contributed by atoms with Crippen LogP contribution >= 0.6 is 0 Å². The summed E-state index contributed by atoms with van der Waals surface area (Å²) in [6.45, 7) is 15.1. The van der Waals surface area contributed by atoms with Crippen molar-refractivity contribution < 1.29 is 5.11 Å². The average molecular weight is 355 g/mol.